The van der Waals surface area contributed by atoms with E-state index in [0.717, 1.165) is 0 Å². The van der Waals surface area contributed by atoms with E-state index in [4.69, 9.17) is 27.9 Å². The largest absolute Gasteiger partial charge is 0.504 e. The van der Waals surface area contributed by atoms with Crippen molar-refractivity contribution < 1.29 is 23.1 Å². The SMILES string of the molecule is COc1cc(/C=C/C(=O)N2CCN(S(=O)(=O)c3ccc(Cl)cc3Cl)CC2)ccc1O. The van der Waals surface area contributed by atoms with Gasteiger partial charge >= 0.3 is 0 Å². The Morgan fingerprint density at radius 3 is 2.43 bits per heavy atom. The van der Waals surface area contributed by atoms with Crippen molar-refractivity contribution in [2.75, 3.05) is 33.3 Å². The molecule has 3 rings (SSSR count). The number of hydrogen-bond donors (Lipinski definition) is 1. The molecular weight excluding hydrogens is 451 g/mol. The summed E-state index contributed by atoms with van der Waals surface area (Å²) >= 11 is 11.9. The Morgan fingerprint density at radius 1 is 1.10 bits per heavy atom. The minimum Gasteiger partial charge on any atom is -0.504 e. The van der Waals surface area contributed by atoms with Gasteiger partial charge in [-0.05, 0) is 42.0 Å². The van der Waals surface area contributed by atoms with Crippen LogP contribution in [0.25, 0.3) is 6.08 Å². The Hall–Kier alpha value is -2.26. The smallest absolute Gasteiger partial charge is 0.246 e. The van der Waals surface area contributed by atoms with Crippen LogP contribution in [0.3, 0.4) is 0 Å². The van der Waals surface area contributed by atoms with Crippen molar-refractivity contribution in [2.45, 2.75) is 4.90 Å². The Bertz CT molecular complexity index is 1080. The molecule has 160 valence electrons. The fraction of sp³-hybridized carbons (Fsp3) is 0.250. The van der Waals surface area contributed by atoms with E-state index in [9.17, 15) is 18.3 Å². The Morgan fingerprint density at radius 2 is 1.80 bits per heavy atom. The van der Waals surface area contributed by atoms with E-state index >= 15 is 0 Å². The van der Waals surface area contributed by atoms with Gasteiger partial charge in [-0.25, -0.2) is 8.42 Å². The first-order valence-electron chi connectivity index (χ1n) is 9.01. The van der Waals surface area contributed by atoms with E-state index in [2.05, 4.69) is 0 Å². The molecule has 0 aromatic heterocycles. The third kappa shape index (κ3) is 4.89. The fourth-order valence-corrected chi connectivity index (χ4v) is 5.21. The van der Waals surface area contributed by atoms with E-state index in [-0.39, 0.29) is 47.8 Å². The predicted molar refractivity (Wildman–Crippen MR) is 115 cm³/mol. The molecule has 7 nitrogen and oxygen atoms in total. The minimum atomic E-state index is -3.78. The number of benzene rings is 2. The van der Waals surface area contributed by atoms with E-state index in [1.165, 1.54) is 41.8 Å². The van der Waals surface area contributed by atoms with Gasteiger partial charge in [-0.15, -0.1) is 0 Å². The summed E-state index contributed by atoms with van der Waals surface area (Å²) in [7, 11) is -2.33. The summed E-state index contributed by atoms with van der Waals surface area (Å²) in [6.45, 7) is 0.834. The Labute approximate surface area is 185 Å². The minimum absolute atomic E-state index is 0.00508. The topological polar surface area (TPSA) is 87.2 Å². The third-order valence-electron chi connectivity index (χ3n) is 4.68. The number of aromatic hydroxyl groups is 1. The summed E-state index contributed by atoms with van der Waals surface area (Å²) in [6.07, 6.45) is 3.02. The van der Waals surface area contributed by atoms with E-state index < -0.39 is 10.0 Å². The maximum Gasteiger partial charge on any atom is 0.246 e. The van der Waals surface area contributed by atoms with Gasteiger partial charge in [-0.3, -0.25) is 4.79 Å². The summed E-state index contributed by atoms with van der Waals surface area (Å²) in [5.74, 6) is 0.0898. The van der Waals surface area contributed by atoms with Gasteiger partial charge in [-0.1, -0.05) is 29.3 Å². The van der Waals surface area contributed by atoms with E-state index in [1.807, 2.05) is 0 Å². The molecule has 1 saturated heterocycles. The van der Waals surface area contributed by atoms with Crippen LogP contribution in [0, 0.1) is 0 Å². The molecule has 2 aromatic rings. The summed E-state index contributed by atoms with van der Waals surface area (Å²) < 4.78 is 32.0. The molecule has 1 aliphatic rings. The lowest BCUT2D eigenvalue weighted by molar-refractivity contribution is -0.127. The molecule has 0 atom stereocenters. The zero-order valence-electron chi connectivity index (χ0n) is 16.1. The van der Waals surface area contributed by atoms with Crippen molar-refractivity contribution in [1.29, 1.82) is 0 Å². The first-order chi connectivity index (χ1) is 14.2. The second kappa shape index (κ2) is 9.26. The number of carbonyl (C=O) groups is 1. The van der Waals surface area contributed by atoms with Crippen molar-refractivity contribution >= 4 is 45.2 Å². The van der Waals surface area contributed by atoms with Crippen LogP contribution in [0.15, 0.2) is 47.4 Å². The van der Waals surface area contributed by atoms with Crippen LogP contribution in [-0.2, 0) is 14.8 Å². The molecule has 1 amide bonds. The lowest BCUT2D eigenvalue weighted by Gasteiger charge is -2.33. The van der Waals surface area contributed by atoms with Crippen LogP contribution >= 0.6 is 23.2 Å². The van der Waals surface area contributed by atoms with Crippen molar-refractivity contribution in [2.24, 2.45) is 0 Å². The monoisotopic (exact) mass is 470 g/mol. The molecule has 0 aliphatic carbocycles. The number of nitrogens with zero attached hydrogens (tertiary/aromatic N) is 2. The quantitative estimate of drug-likeness (QED) is 0.677. The third-order valence-corrected chi connectivity index (χ3v) is 7.30. The summed E-state index contributed by atoms with van der Waals surface area (Å²) in [5, 5.41) is 10.0. The number of phenols is 1. The molecule has 0 radical (unpaired) electrons. The van der Waals surface area contributed by atoms with E-state index in [1.54, 1.807) is 23.1 Å². The second-order valence-electron chi connectivity index (χ2n) is 6.57. The van der Waals surface area contributed by atoms with Crippen LogP contribution in [-0.4, -0.2) is 61.9 Å². The summed E-state index contributed by atoms with van der Waals surface area (Å²) in [6, 6.07) is 8.99. The van der Waals surface area contributed by atoms with Crippen LogP contribution < -0.4 is 4.74 Å². The van der Waals surface area contributed by atoms with Gasteiger partial charge < -0.3 is 14.7 Å². The maximum atomic E-state index is 12.8. The Balaban J connectivity index is 1.64. The highest BCUT2D eigenvalue weighted by atomic mass is 35.5. The molecule has 1 fully saturated rings. The zero-order chi connectivity index (χ0) is 21.9. The molecule has 0 spiro atoms. The highest BCUT2D eigenvalue weighted by molar-refractivity contribution is 7.89. The average Bonchev–Trinajstić information content (AvgIpc) is 2.72. The number of piperazine rings is 1. The van der Waals surface area contributed by atoms with Gasteiger partial charge in [0.05, 0.1) is 12.1 Å². The Kier molecular flexibility index (Phi) is 6.92. The van der Waals surface area contributed by atoms with Gasteiger partial charge in [-0.2, -0.15) is 4.31 Å². The average molecular weight is 471 g/mol. The highest BCUT2D eigenvalue weighted by Gasteiger charge is 2.31. The number of phenolic OH excluding ortho intramolecular Hbond substituents is 1. The number of amides is 1. The summed E-state index contributed by atoms with van der Waals surface area (Å²) in [5.41, 5.74) is 0.691. The molecule has 10 heteroatoms. The number of hydrogen-bond acceptors (Lipinski definition) is 5. The molecule has 0 saturated carbocycles. The van der Waals surface area contributed by atoms with Crippen LogP contribution in [0.1, 0.15) is 5.56 Å². The molecular formula is C20H20Cl2N2O5S. The molecule has 1 N–H and O–H groups in total. The molecule has 2 aromatic carbocycles. The fourth-order valence-electron chi connectivity index (χ4n) is 3.04. The lowest BCUT2D eigenvalue weighted by atomic mass is 10.2. The first kappa shape index (κ1) is 22.4. The molecule has 30 heavy (non-hydrogen) atoms. The van der Waals surface area contributed by atoms with Crippen molar-refractivity contribution in [3.63, 3.8) is 0 Å². The zero-order valence-corrected chi connectivity index (χ0v) is 18.4. The van der Waals surface area contributed by atoms with Crippen molar-refractivity contribution in [3.8, 4) is 11.5 Å². The highest BCUT2D eigenvalue weighted by Crippen LogP contribution is 2.28. The normalized spacial score (nSPS) is 15.5. The van der Waals surface area contributed by atoms with Gasteiger partial charge in [0.25, 0.3) is 0 Å². The first-order valence-corrected chi connectivity index (χ1v) is 11.2. The maximum absolute atomic E-state index is 12.8. The lowest BCUT2D eigenvalue weighted by Crippen LogP contribution is -2.50. The predicted octanol–water partition coefficient (Wildman–Crippen LogP) is 3.25. The van der Waals surface area contributed by atoms with Gasteiger partial charge in [0.2, 0.25) is 15.9 Å². The molecule has 1 heterocycles. The molecule has 1 aliphatic heterocycles. The van der Waals surface area contributed by atoms with Crippen LogP contribution in [0.4, 0.5) is 0 Å². The number of ether oxygens (including phenoxy) is 1. The number of methoxy groups -OCH3 is 1. The molecule has 0 bridgehead atoms. The van der Waals surface area contributed by atoms with Crippen molar-refractivity contribution in [1.82, 2.24) is 9.21 Å². The van der Waals surface area contributed by atoms with Gasteiger partial charge in [0.1, 0.15) is 4.90 Å². The standard InChI is InChI=1S/C20H20Cl2N2O5S/c1-29-18-12-14(2-5-17(18)25)3-7-20(26)23-8-10-24(11-9-23)30(27,28)19-6-4-15(21)13-16(19)22/h2-7,12-13,25H,8-11H2,1H3/b7-3+. The second-order valence-corrected chi connectivity index (χ2v) is 9.32. The number of sulfonamides is 1. The van der Waals surface area contributed by atoms with Crippen molar-refractivity contribution in [3.05, 3.63) is 58.1 Å². The van der Waals surface area contributed by atoms with Crippen LogP contribution in [0.5, 0.6) is 11.5 Å². The number of rotatable bonds is 5. The van der Waals surface area contributed by atoms with Gasteiger partial charge in [0.15, 0.2) is 11.5 Å². The number of halogens is 2. The van der Waals surface area contributed by atoms with E-state index in [0.29, 0.717) is 16.3 Å². The number of carbonyl (C=O) groups excluding carboxylic acids is 1. The van der Waals surface area contributed by atoms with Crippen LogP contribution in [0.2, 0.25) is 10.0 Å². The summed E-state index contributed by atoms with van der Waals surface area (Å²) in [4.78, 5) is 14.0. The van der Waals surface area contributed by atoms with Gasteiger partial charge in [0, 0.05) is 37.3 Å². The molecule has 0 unspecified atom stereocenters.